The number of nitrogens with zero attached hydrogens (tertiary/aromatic N) is 2. The lowest BCUT2D eigenvalue weighted by molar-refractivity contribution is 0.600. The Bertz CT molecular complexity index is 729. The van der Waals surface area contributed by atoms with Gasteiger partial charge in [-0.05, 0) is 31.0 Å². The van der Waals surface area contributed by atoms with Crippen LogP contribution in [-0.2, 0) is 16.6 Å². The van der Waals surface area contributed by atoms with Crippen LogP contribution in [0, 0.1) is 0 Å². The zero-order valence-corrected chi connectivity index (χ0v) is 11.2. The molecule has 0 saturated heterocycles. The van der Waals surface area contributed by atoms with Gasteiger partial charge in [-0.3, -0.25) is 9.40 Å². The lowest BCUT2D eigenvalue weighted by Crippen LogP contribution is -2.17. The minimum Gasteiger partial charge on any atom is -0.283 e. The third-order valence-electron chi connectivity index (χ3n) is 3.09. The highest BCUT2D eigenvalue weighted by molar-refractivity contribution is 7.93. The molecular formula is C13H15N3O2S. The minimum absolute atomic E-state index is 0.221. The molecule has 0 amide bonds. The van der Waals surface area contributed by atoms with Gasteiger partial charge in [0.2, 0.25) is 10.0 Å². The van der Waals surface area contributed by atoms with E-state index in [1.807, 2.05) is 12.3 Å². The van der Waals surface area contributed by atoms with E-state index >= 15 is 0 Å². The summed E-state index contributed by atoms with van der Waals surface area (Å²) in [5, 5.41) is 5.13. The largest absolute Gasteiger partial charge is 0.283 e. The van der Waals surface area contributed by atoms with Gasteiger partial charge in [-0.2, -0.15) is 5.10 Å². The summed E-state index contributed by atoms with van der Waals surface area (Å²) < 4.78 is 28.1. The van der Waals surface area contributed by atoms with E-state index in [0.29, 0.717) is 12.2 Å². The van der Waals surface area contributed by atoms with Crippen LogP contribution in [0.25, 0.3) is 10.9 Å². The predicted molar refractivity (Wildman–Crippen MR) is 75.5 cm³/mol. The van der Waals surface area contributed by atoms with E-state index in [4.69, 9.17) is 0 Å². The number of hydrogen-bond acceptors (Lipinski definition) is 3. The van der Waals surface area contributed by atoms with Crippen molar-refractivity contribution in [2.45, 2.75) is 24.6 Å². The molecular weight excluding hydrogens is 262 g/mol. The molecule has 0 bridgehead atoms. The molecule has 1 fully saturated rings. The van der Waals surface area contributed by atoms with Gasteiger partial charge in [0.15, 0.2) is 0 Å². The lowest BCUT2D eigenvalue weighted by Gasteiger charge is -2.06. The summed E-state index contributed by atoms with van der Waals surface area (Å²) >= 11 is 0. The Morgan fingerprint density at radius 1 is 1.47 bits per heavy atom. The topological polar surface area (TPSA) is 64.0 Å². The third-order valence-corrected chi connectivity index (χ3v) is 4.96. The Morgan fingerprint density at radius 2 is 2.26 bits per heavy atom. The van der Waals surface area contributed by atoms with Crippen LogP contribution in [0.15, 0.2) is 37.1 Å². The predicted octanol–water partition coefficient (Wildman–Crippen LogP) is 2.13. The molecule has 0 radical (unpaired) electrons. The van der Waals surface area contributed by atoms with Crippen molar-refractivity contribution < 1.29 is 8.42 Å². The lowest BCUT2D eigenvalue weighted by atomic mass is 10.2. The third kappa shape index (κ3) is 2.49. The number of nitrogens with one attached hydrogen (secondary N) is 1. The van der Waals surface area contributed by atoms with Crippen LogP contribution >= 0.6 is 0 Å². The fourth-order valence-electron chi connectivity index (χ4n) is 1.98. The van der Waals surface area contributed by atoms with Crippen LogP contribution in [0.1, 0.15) is 12.8 Å². The van der Waals surface area contributed by atoms with Gasteiger partial charge < -0.3 is 0 Å². The molecule has 0 unspecified atom stereocenters. The first-order valence-electron chi connectivity index (χ1n) is 6.18. The maximum absolute atomic E-state index is 11.9. The van der Waals surface area contributed by atoms with E-state index in [1.54, 1.807) is 22.9 Å². The molecule has 1 aliphatic carbocycles. The number of benzene rings is 1. The minimum atomic E-state index is -3.21. The van der Waals surface area contributed by atoms with Crippen molar-refractivity contribution in [2.75, 3.05) is 4.72 Å². The quantitative estimate of drug-likeness (QED) is 0.851. The summed E-state index contributed by atoms with van der Waals surface area (Å²) in [6.45, 7) is 4.30. The van der Waals surface area contributed by atoms with Crippen LogP contribution in [0.4, 0.5) is 5.69 Å². The summed E-state index contributed by atoms with van der Waals surface area (Å²) in [7, 11) is -3.21. The number of hydrogen-bond donors (Lipinski definition) is 1. The summed E-state index contributed by atoms with van der Waals surface area (Å²) in [5.41, 5.74) is 1.35. The highest BCUT2D eigenvalue weighted by atomic mass is 32.2. The SMILES string of the molecule is C=CCn1cc2ccc(NS(=O)(=O)C3CC3)cc2n1. The maximum atomic E-state index is 11.9. The molecule has 100 valence electrons. The van der Waals surface area contributed by atoms with Crippen molar-refractivity contribution in [2.24, 2.45) is 0 Å². The number of anilines is 1. The van der Waals surface area contributed by atoms with Crippen LogP contribution in [0.3, 0.4) is 0 Å². The summed E-state index contributed by atoms with van der Waals surface area (Å²) in [4.78, 5) is 0. The highest BCUT2D eigenvalue weighted by Crippen LogP contribution is 2.30. The van der Waals surface area contributed by atoms with Crippen molar-refractivity contribution in [1.82, 2.24) is 9.78 Å². The number of sulfonamides is 1. The van der Waals surface area contributed by atoms with Gasteiger partial charge in [-0.15, -0.1) is 6.58 Å². The molecule has 6 heteroatoms. The first-order chi connectivity index (χ1) is 9.08. The van der Waals surface area contributed by atoms with Crippen molar-refractivity contribution in [3.05, 3.63) is 37.1 Å². The van der Waals surface area contributed by atoms with Gasteiger partial charge in [-0.1, -0.05) is 6.08 Å². The summed E-state index contributed by atoms with van der Waals surface area (Å²) in [5.74, 6) is 0. The molecule has 3 rings (SSSR count). The van der Waals surface area contributed by atoms with Crippen molar-refractivity contribution in [3.63, 3.8) is 0 Å². The molecule has 0 aliphatic heterocycles. The molecule has 0 atom stereocenters. The average Bonchev–Trinajstić information content (AvgIpc) is 3.12. The van der Waals surface area contributed by atoms with E-state index in [1.165, 1.54) is 0 Å². The molecule has 1 aliphatic rings. The Labute approximate surface area is 112 Å². The normalized spacial score (nSPS) is 15.6. The molecule has 19 heavy (non-hydrogen) atoms. The number of rotatable bonds is 5. The van der Waals surface area contributed by atoms with Gasteiger partial charge in [-0.25, -0.2) is 8.42 Å². The monoisotopic (exact) mass is 277 g/mol. The van der Waals surface area contributed by atoms with Crippen LogP contribution < -0.4 is 4.72 Å². The molecule has 2 aromatic rings. The van der Waals surface area contributed by atoms with Crippen LogP contribution in [-0.4, -0.2) is 23.4 Å². The van der Waals surface area contributed by atoms with E-state index in [2.05, 4.69) is 16.4 Å². The molecule has 1 N–H and O–H groups in total. The standard InChI is InChI=1S/C13H15N3O2S/c1-2-7-16-9-10-3-4-11(8-13(10)14-16)15-19(17,18)12-5-6-12/h2-4,8-9,12,15H,1,5-7H2. The van der Waals surface area contributed by atoms with E-state index in [-0.39, 0.29) is 5.25 Å². The molecule has 1 aromatic heterocycles. The molecule has 0 spiro atoms. The van der Waals surface area contributed by atoms with E-state index in [9.17, 15) is 8.42 Å². The first kappa shape index (κ1) is 12.2. The van der Waals surface area contributed by atoms with Crippen molar-refractivity contribution in [1.29, 1.82) is 0 Å². The van der Waals surface area contributed by atoms with Crippen LogP contribution in [0.5, 0.6) is 0 Å². The maximum Gasteiger partial charge on any atom is 0.235 e. The summed E-state index contributed by atoms with van der Waals surface area (Å²) in [6, 6.07) is 5.39. The summed E-state index contributed by atoms with van der Waals surface area (Å²) in [6.07, 6.45) is 5.19. The molecule has 1 aromatic carbocycles. The van der Waals surface area contributed by atoms with Gasteiger partial charge in [0.1, 0.15) is 0 Å². The average molecular weight is 277 g/mol. The number of allylic oxidation sites excluding steroid dienone is 1. The van der Waals surface area contributed by atoms with Gasteiger partial charge in [0.05, 0.1) is 23.0 Å². The second kappa shape index (κ2) is 4.38. The second-order valence-corrected chi connectivity index (χ2v) is 6.72. The zero-order chi connectivity index (χ0) is 13.5. The molecule has 1 heterocycles. The smallest absolute Gasteiger partial charge is 0.235 e. The fourth-order valence-corrected chi connectivity index (χ4v) is 3.36. The fraction of sp³-hybridized carbons (Fsp3) is 0.308. The van der Waals surface area contributed by atoms with Gasteiger partial charge in [0.25, 0.3) is 0 Å². The highest BCUT2D eigenvalue weighted by Gasteiger charge is 2.35. The second-order valence-electron chi connectivity index (χ2n) is 4.76. The number of fused-ring (bicyclic) bond motifs is 1. The van der Waals surface area contributed by atoms with E-state index in [0.717, 1.165) is 23.7 Å². The van der Waals surface area contributed by atoms with Crippen LogP contribution in [0.2, 0.25) is 0 Å². The van der Waals surface area contributed by atoms with E-state index < -0.39 is 10.0 Å². The Balaban J connectivity index is 1.90. The molecule has 1 saturated carbocycles. The van der Waals surface area contributed by atoms with Gasteiger partial charge in [0, 0.05) is 11.6 Å². The zero-order valence-electron chi connectivity index (χ0n) is 10.4. The first-order valence-corrected chi connectivity index (χ1v) is 7.73. The van der Waals surface area contributed by atoms with Crippen molar-refractivity contribution in [3.8, 4) is 0 Å². The molecule has 5 nitrogen and oxygen atoms in total. The van der Waals surface area contributed by atoms with Gasteiger partial charge >= 0.3 is 0 Å². The Morgan fingerprint density at radius 3 is 2.95 bits per heavy atom. The van der Waals surface area contributed by atoms with Crippen molar-refractivity contribution >= 4 is 26.6 Å². The Kier molecular flexibility index (Phi) is 2.82. The Hall–Kier alpha value is -1.82. The number of aromatic nitrogens is 2.